The maximum Gasteiger partial charge on any atom is 0.262 e. The summed E-state index contributed by atoms with van der Waals surface area (Å²) >= 11 is 0. The molecule has 0 atom stereocenters. The fourth-order valence-electron chi connectivity index (χ4n) is 3.50. The van der Waals surface area contributed by atoms with Gasteiger partial charge in [-0.1, -0.05) is 18.6 Å². The van der Waals surface area contributed by atoms with Crippen LogP contribution < -0.4 is 10.0 Å². The van der Waals surface area contributed by atoms with Crippen LogP contribution in [0.2, 0.25) is 0 Å². The van der Waals surface area contributed by atoms with Gasteiger partial charge in [-0.25, -0.2) is 16.8 Å². The average molecular weight is 466 g/mol. The molecule has 10 heteroatoms. The maximum atomic E-state index is 13.1. The Bertz CT molecular complexity index is 1200. The van der Waals surface area contributed by atoms with Gasteiger partial charge >= 0.3 is 0 Å². The number of hydrogen-bond donors (Lipinski definition) is 2. The summed E-state index contributed by atoms with van der Waals surface area (Å²) in [7, 11) is -7.72. The Labute approximate surface area is 183 Å². The second kappa shape index (κ2) is 8.97. The van der Waals surface area contributed by atoms with E-state index in [4.69, 9.17) is 0 Å². The van der Waals surface area contributed by atoms with Crippen molar-refractivity contribution in [3.8, 4) is 0 Å². The standard InChI is InChI=1S/C21H27N3O5S2/c1-15-8-10-19(31(28,29)24-11-5-4-6-12-24)14-20(15)23-30(26,27)21-13-18(22-17(3)25)9-7-16(21)2/h7-10,13-14,23H,4-6,11-12H2,1-3H3,(H,22,25). The average Bonchev–Trinajstić information content (AvgIpc) is 2.71. The fraction of sp³-hybridized carbons (Fsp3) is 0.381. The molecule has 1 aliphatic rings. The zero-order chi connectivity index (χ0) is 22.8. The highest BCUT2D eigenvalue weighted by Crippen LogP contribution is 2.28. The maximum absolute atomic E-state index is 13.1. The first-order valence-corrected chi connectivity index (χ1v) is 12.9. The molecule has 1 saturated heterocycles. The van der Waals surface area contributed by atoms with Gasteiger partial charge in [-0.15, -0.1) is 0 Å². The van der Waals surface area contributed by atoms with E-state index in [2.05, 4.69) is 10.0 Å². The topological polar surface area (TPSA) is 113 Å². The number of carbonyl (C=O) groups excluding carboxylic acids is 1. The number of piperidine rings is 1. The molecule has 8 nitrogen and oxygen atoms in total. The van der Waals surface area contributed by atoms with Crippen LogP contribution in [0.5, 0.6) is 0 Å². The lowest BCUT2D eigenvalue weighted by atomic mass is 10.2. The normalized spacial score (nSPS) is 15.5. The number of amides is 1. The quantitative estimate of drug-likeness (QED) is 0.680. The van der Waals surface area contributed by atoms with E-state index in [9.17, 15) is 21.6 Å². The molecule has 168 valence electrons. The lowest BCUT2D eigenvalue weighted by molar-refractivity contribution is -0.114. The highest BCUT2D eigenvalue weighted by Gasteiger charge is 2.27. The number of nitrogens with zero attached hydrogens (tertiary/aromatic N) is 1. The van der Waals surface area contributed by atoms with E-state index in [0.29, 0.717) is 29.9 Å². The lowest BCUT2D eigenvalue weighted by Gasteiger charge is -2.26. The number of benzene rings is 2. The number of aryl methyl sites for hydroxylation is 2. The summed E-state index contributed by atoms with van der Waals surface area (Å²) in [6, 6.07) is 9.05. The fourth-order valence-corrected chi connectivity index (χ4v) is 6.43. The van der Waals surface area contributed by atoms with Crippen molar-refractivity contribution in [3.05, 3.63) is 47.5 Å². The molecule has 1 aliphatic heterocycles. The Kier molecular flexibility index (Phi) is 6.73. The molecule has 0 bridgehead atoms. The molecule has 0 spiro atoms. The predicted molar refractivity (Wildman–Crippen MR) is 120 cm³/mol. The summed E-state index contributed by atoms with van der Waals surface area (Å²) in [5.74, 6) is -0.313. The third kappa shape index (κ3) is 5.25. The molecular formula is C21H27N3O5S2. The Hall–Kier alpha value is -2.43. The number of carbonyl (C=O) groups is 1. The van der Waals surface area contributed by atoms with Crippen LogP contribution in [0, 0.1) is 13.8 Å². The van der Waals surface area contributed by atoms with Crippen LogP contribution in [0.15, 0.2) is 46.2 Å². The molecule has 1 heterocycles. The van der Waals surface area contributed by atoms with Crippen LogP contribution in [-0.2, 0) is 24.8 Å². The van der Waals surface area contributed by atoms with Crippen molar-refractivity contribution in [2.24, 2.45) is 0 Å². The van der Waals surface area contributed by atoms with Gasteiger partial charge in [0, 0.05) is 25.7 Å². The summed E-state index contributed by atoms with van der Waals surface area (Å²) in [4.78, 5) is 11.4. The van der Waals surface area contributed by atoms with E-state index in [1.54, 1.807) is 32.0 Å². The van der Waals surface area contributed by atoms with Crippen LogP contribution >= 0.6 is 0 Å². The van der Waals surface area contributed by atoms with Crippen LogP contribution in [0.4, 0.5) is 11.4 Å². The van der Waals surface area contributed by atoms with Gasteiger partial charge in [-0.05, 0) is 62.1 Å². The molecule has 0 aliphatic carbocycles. The molecule has 0 aromatic heterocycles. The molecule has 3 rings (SSSR count). The molecule has 0 unspecified atom stereocenters. The molecule has 1 amide bonds. The zero-order valence-corrected chi connectivity index (χ0v) is 19.4. The smallest absolute Gasteiger partial charge is 0.262 e. The van der Waals surface area contributed by atoms with Crippen molar-refractivity contribution in [2.45, 2.75) is 49.8 Å². The van der Waals surface area contributed by atoms with Crippen molar-refractivity contribution < 1.29 is 21.6 Å². The first kappa shape index (κ1) is 23.2. The Morgan fingerprint density at radius 1 is 0.903 bits per heavy atom. The van der Waals surface area contributed by atoms with Gasteiger partial charge in [0.25, 0.3) is 10.0 Å². The number of sulfonamides is 2. The molecule has 31 heavy (non-hydrogen) atoms. The van der Waals surface area contributed by atoms with Crippen molar-refractivity contribution in [1.29, 1.82) is 0 Å². The third-order valence-electron chi connectivity index (χ3n) is 5.20. The molecule has 0 saturated carbocycles. The van der Waals surface area contributed by atoms with Gasteiger partial charge < -0.3 is 5.32 Å². The van der Waals surface area contributed by atoms with Crippen molar-refractivity contribution >= 4 is 37.3 Å². The predicted octanol–water partition coefficient (Wildman–Crippen LogP) is 3.24. The Morgan fingerprint density at radius 3 is 2.19 bits per heavy atom. The summed E-state index contributed by atoms with van der Waals surface area (Å²) in [6.07, 6.45) is 2.63. The van der Waals surface area contributed by atoms with Gasteiger partial charge in [0.2, 0.25) is 15.9 Å². The highest BCUT2D eigenvalue weighted by atomic mass is 32.2. The number of hydrogen-bond acceptors (Lipinski definition) is 5. The lowest BCUT2D eigenvalue weighted by Crippen LogP contribution is -2.35. The summed E-state index contributed by atoms with van der Waals surface area (Å²) in [6.45, 7) is 5.62. The van der Waals surface area contributed by atoms with E-state index in [1.807, 2.05) is 0 Å². The minimum Gasteiger partial charge on any atom is -0.326 e. The van der Waals surface area contributed by atoms with Crippen molar-refractivity contribution in [3.63, 3.8) is 0 Å². The number of anilines is 2. The molecule has 0 radical (unpaired) electrons. The molecular weight excluding hydrogens is 438 g/mol. The van der Waals surface area contributed by atoms with Gasteiger partial charge in [0.1, 0.15) is 0 Å². The summed E-state index contributed by atoms with van der Waals surface area (Å²) in [5, 5.41) is 2.57. The number of nitrogens with one attached hydrogen (secondary N) is 2. The monoisotopic (exact) mass is 465 g/mol. The van der Waals surface area contributed by atoms with Gasteiger partial charge in [0.15, 0.2) is 0 Å². The van der Waals surface area contributed by atoms with Crippen LogP contribution in [0.25, 0.3) is 0 Å². The number of rotatable bonds is 6. The molecule has 2 N–H and O–H groups in total. The second-order valence-electron chi connectivity index (χ2n) is 7.71. The van der Waals surface area contributed by atoms with E-state index < -0.39 is 20.0 Å². The van der Waals surface area contributed by atoms with Crippen LogP contribution in [0.1, 0.15) is 37.3 Å². The summed E-state index contributed by atoms with van der Waals surface area (Å²) in [5.41, 5.74) is 1.65. The third-order valence-corrected chi connectivity index (χ3v) is 8.61. The van der Waals surface area contributed by atoms with E-state index >= 15 is 0 Å². The van der Waals surface area contributed by atoms with E-state index in [-0.39, 0.29) is 21.4 Å². The first-order valence-electron chi connectivity index (χ1n) is 10.0. The zero-order valence-electron chi connectivity index (χ0n) is 17.8. The highest BCUT2D eigenvalue weighted by molar-refractivity contribution is 7.92. The first-order chi connectivity index (χ1) is 14.5. The van der Waals surface area contributed by atoms with Gasteiger partial charge in [-0.3, -0.25) is 9.52 Å². The van der Waals surface area contributed by atoms with Gasteiger partial charge in [-0.2, -0.15) is 4.31 Å². The Balaban J connectivity index is 1.95. The van der Waals surface area contributed by atoms with E-state index in [0.717, 1.165) is 19.3 Å². The minimum atomic E-state index is -4.02. The molecule has 2 aromatic rings. The van der Waals surface area contributed by atoms with E-state index in [1.165, 1.54) is 29.4 Å². The Morgan fingerprint density at radius 2 is 1.55 bits per heavy atom. The van der Waals surface area contributed by atoms with Crippen LogP contribution in [-0.4, -0.2) is 40.1 Å². The second-order valence-corrected chi connectivity index (χ2v) is 11.3. The van der Waals surface area contributed by atoms with Crippen LogP contribution in [0.3, 0.4) is 0 Å². The summed E-state index contributed by atoms with van der Waals surface area (Å²) < 4.78 is 56.1. The van der Waals surface area contributed by atoms with Crippen molar-refractivity contribution in [2.75, 3.05) is 23.1 Å². The van der Waals surface area contributed by atoms with Crippen molar-refractivity contribution in [1.82, 2.24) is 4.31 Å². The molecule has 2 aromatic carbocycles. The SMILES string of the molecule is CC(=O)Nc1ccc(C)c(S(=O)(=O)Nc2cc(S(=O)(=O)N3CCCCC3)ccc2C)c1. The minimum absolute atomic E-state index is 0.00226. The largest absolute Gasteiger partial charge is 0.326 e. The molecule has 1 fully saturated rings. The van der Waals surface area contributed by atoms with Gasteiger partial charge in [0.05, 0.1) is 15.5 Å².